The predicted octanol–water partition coefficient (Wildman–Crippen LogP) is 3.18. The molecule has 1 fully saturated rings. The number of benzene rings is 2. The highest BCUT2D eigenvalue weighted by Crippen LogP contribution is 2.35. The number of nitrogens with zero attached hydrogens (tertiary/aromatic N) is 2. The molecule has 2 aliphatic heterocycles. The van der Waals surface area contributed by atoms with E-state index in [0.29, 0.717) is 31.2 Å². The van der Waals surface area contributed by atoms with Gasteiger partial charge in [0.15, 0.2) is 23.0 Å². The number of methoxy groups -OCH3 is 1. The molecule has 1 amide bonds. The van der Waals surface area contributed by atoms with Crippen molar-refractivity contribution in [2.24, 2.45) is 0 Å². The van der Waals surface area contributed by atoms with E-state index in [-0.39, 0.29) is 12.7 Å². The van der Waals surface area contributed by atoms with Gasteiger partial charge in [0.1, 0.15) is 0 Å². The van der Waals surface area contributed by atoms with Gasteiger partial charge in [-0.15, -0.1) is 0 Å². The van der Waals surface area contributed by atoms with Crippen LogP contribution >= 0.6 is 0 Å². The highest BCUT2D eigenvalue weighted by Gasteiger charge is 2.22. The van der Waals surface area contributed by atoms with Gasteiger partial charge in [0.25, 0.3) is 0 Å². The fourth-order valence-corrected chi connectivity index (χ4v) is 3.61. The van der Waals surface area contributed by atoms with E-state index in [0.717, 1.165) is 35.8 Å². The molecule has 0 aliphatic carbocycles. The highest BCUT2D eigenvalue weighted by atomic mass is 16.7. The van der Waals surface area contributed by atoms with E-state index in [1.807, 2.05) is 54.3 Å². The first-order chi connectivity index (χ1) is 14.7. The molecule has 7 heteroatoms. The van der Waals surface area contributed by atoms with E-state index < -0.39 is 0 Å². The van der Waals surface area contributed by atoms with E-state index in [4.69, 9.17) is 18.9 Å². The number of anilines is 1. The number of hydrogen-bond donors (Lipinski definition) is 0. The second-order valence-corrected chi connectivity index (χ2v) is 7.03. The smallest absolute Gasteiger partial charge is 0.246 e. The molecule has 0 unspecified atom stereocenters. The van der Waals surface area contributed by atoms with Crippen molar-refractivity contribution in [2.75, 3.05) is 51.6 Å². The first-order valence-electron chi connectivity index (χ1n) is 10.1. The van der Waals surface area contributed by atoms with Crippen molar-refractivity contribution in [2.45, 2.75) is 6.92 Å². The van der Waals surface area contributed by atoms with Gasteiger partial charge in [-0.2, -0.15) is 0 Å². The average molecular weight is 410 g/mol. The summed E-state index contributed by atoms with van der Waals surface area (Å²) in [6.45, 7) is 5.64. The minimum absolute atomic E-state index is 0.00844. The van der Waals surface area contributed by atoms with Gasteiger partial charge >= 0.3 is 0 Å². The molecule has 2 aliphatic rings. The first-order valence-corrected chi connectivity index (χ1v) is 10.1. The lowest BCUT2D eigenvalue weighted by Gasteiger charge is -2.35. The van der Waals surface area contributed by atoms with E-state index in [9.17, 15) is 4.79 Å². The van der Waals surface area contributed by atoms with Gasteiger partial charge < -0.3 is 28.7 Å². The maximum absolute atomic E-state index is 12.6. The fourth-order valence-electron chi connectivity index (χ4n) is 3.61. The lowest BCUT2D eigenvalue weighted by atomic mass is 10.1. The van der Waals surface area contributed by atoms with Crippen molar-refractivity contribution in [3.05, 3.63) is 48.0 Å². The average Bonchev–Trinajstić information content (AvgIpc) is 3.26. The molecule has 1 saturated heterocycles. The number of carbonyl (C=O) groups excluding carboxylic acids is 1. The Morgan fingerprint density at radius 2 is 1.83 bits per heavy atom. The number of carbonyl (C=O) groups is 1. The van der Waals surface area contributed by atoms with Crippen LogP contribution in [0.1, 0.15) is 12.5 Å². The van der Waals surface area contributed by atoms with Crippen LogP contribution in [0, 0.1) is 0 Å². The molecule has 2 aromatic rings. The second-order valence-electron chi connectivity index (χ2n) is 7.03. The van der Waals surface area contributed by atoms with Crippen LogP contribution in [0.25, 0.3) is 6.08 Å². The molecule has 0 bridgehead atoms. The molecule has 2 heterocycles. The van der Waals surface area contributed by atoms with Crippen LogP contribution in [0.5, 0.6) is 23.0 Å². The van der Waals surface area contributed by atoms with Gasteiger partial charge in [-0.25, -0.2) is 0 Å². The molecule has 158 valence electrons. The number of piperazine rings is 1. The number of hydrogen-bond acceptors (Lipinski definition) is 6. The summed E-state index contributed by atoms with van der Waals surface area (Å²) in [5.41, 5.74) is 1.98. The van der Waals surface area contributed by atoms with E-state index in [2.05, 4.69) is 4.90 Å². The summed E-state index contributed by atoms with van der Waals surface area (Å²) in [6.07, 6.45) is 3.43. The van der Waals surface area contributed by atoms with Crippen LogP contribution in [0.2, 0.25) is 0 Å². The van der Waals surface area contributed by atoms with Crippen molar-refractivity contribution >= 4 is 17.7 Å². The van der Waals surface area contributed by atoms with Gasteiger partial charge in [0.05, 0.1) is 13.7 Å². The van der Waals surface area contributed by atoms with Crippen molar-refractivity contribution in [1.29, 1.82) is 0 Å². The fraction of sp³-hybridized carbons (Fsp3) is 0.348. The predicted molar refractivity (Wildman–Crippen MR) is 115 cm³/mol. The third-order valence-corrected chi connectivity index (χ3v) is 5.22. The Hall–Kier alpha value is -3.35. The number of ether oxygens (including phenoxy) is 4. The summed E-state index contributed by atoms with van der Waals surface area (Å²) >= 11 is 0. The van der Waals surface area contributed by atoms with E-state index >= 15 is 0 Å². The Labute approximate surface area is 176 Å². The highest BCUT2D eigenvalue weighted by molar-refractivity contribution is 5.92. The zero-order valence-corrected chi connectivity index (χ0v) is 17.3. The van der Waals surface area contributed by atoms with Crippen LogP contribution < -0.4 is 23.8 Å². The van der Waals surface area contributed by atoms with Crippen LogP contribution in [0.4, 0.5) is 5.69 Å². The van der Waals surface area contributed by atoms with Gasteiger partial charge in [-0.05, 0) is 42.8 Å². The summed E-state index contributed by atoms with van der Waals surface area (Å²) in [5, 5.41) is 0. The summed E-state index contributed by atoms with van der Waals surface area (Å²) in [7, 11) is 1.61. The summed E-state index contributed by atoms with van der Waals surface area (Å²) in [5.74, 6) is 2.92. The van der Waals surface area contributed by atoms with E-state index in [1.54, 1.807) is 13.2 Å². The number of rotatable bonds is 6. The monoisotopic (exact) mass is 410 g/mol. The lowest BCUT2D eigenvalue weighted by molar-refractivity contribution is -0.126. The van der Waals surface area contributed by atoms with Crippen molar-refractivity contribution in [3.8, 4) is 23.0 Å². The third kappa shape index (κ3) is 4.30. The first kappa shape index (κ1) is 19.9. The molecule has 7 nitrogen and oxygen atoms in total. The van der Waals surface area contributed by atoms with Gasteiger partial charge in [-0.3, -0.25) is 4.79 Å². The number of fused-ring (bicyclic) bond motifs is 1. The summed E-state index contributed by atoms with van der Waals surface area (Å²) < 4.78 is 21.7. The van der Waals surface area contributed by atoms with Crippen LogP contribution in [0.15, 0.2) is 42.5 Å². The normalized spacial score (nSPS) is 15.5. The van der Waals surface area contributed by atoms with Crippen molar-refractivity contribution < 1.29 is 23.7 Å². The molecule has 0 spiro atoms. The minimum Gasteiger partial charge on any atom is -0.493 e. The lowest BCUT2D eigenvalue weighted by Crippen LogP contribution is -2.48. The zero-order chi connectivity index (χ0) is 20.9. The molecular formula is C23H26N2O5. The van der Waals surface area contributed by atoms with E-state index in [1.165, 1.54) is 0 Å². The van der Waals surface area contributed by atoms with Gasteiger partial charge in [0, 0.05) is 44.0 Å². The largest absolute Gasteiger partial charge is 0.493 e. The standard InChI is InChI=1S/C23H26N2O5/c1-3-28-21-14-17(4-7-19(21)27-2)5-9-23(26)25-12-10-24(11-13-25)18-6-8-20-22(15-18)30-16-29-20/h4-9,14-15H,3,10-13,16H2,1-2H3/b9-5+. The Bertz CT molecular complexity index is 935. The SMILES string of the molecule is CCOc1cc(/C=C/C(=O)N2CCN(c3ccc4c(c3)OCO4)CC2)ccc1OC. The minimum atomic E-state index is 0.00844. The topological polar surface area (TPSA) is 60.5 Å². The summed E-state index contributed by atoms with van der Waals surface area (Å²) in [6, 6.07) is 11.6. The molecule has 0 N–H and O–H groups in total. The van der Waals surface area contributed by atoms with Crippen LogP contribution in [-0.4, -0.2) is 57.5 Å². The van der Waals surface area contributed by atoms with Gasteiger partial charge in [-0.1, -0.05) is 6.07 Å². The second kappa shape index (κ2) is 8.98. The van der Waals surface area contributed by atoms with Gasteiger partial charge in [0.2, 0.25) is 12.7 Å². The Kier molecular flexibility index (Phi) is 5.97. The molecule has 4 rings (SSSR count). The van der Waals surface area contributed by atoms with Crippen LogP contribution in [0.3, 0.4) is 0 Å². The Balaban J connectivity index is 1.35. The van der Waals surface area contributed by atoms with Crippen molar-refractivity contribution in [1.82, 2.24) is 4.90 Å². The maximum atomic E-state index is 12.6. The molecule has 0 atom stereocenters. The molecule has 0 saturated carbocycles. The molecule has 0 aromatic heterocycles. The Morgan fingerprint density at radius 1 is 1.03 bits per heavy atom. The zero-order valence-electron chi connectivity index (χ0n) is 17.3. The molecular weight excluding hydrogens is 384 g/mol. The maximum Gasteiger partial charge on any atom is 0.246 e. The Morgan fingerprint density at radius 3 is 2.60 bits per heavy atom. The molecule has 2 aromatic carbocycles. The van der Waals surface area contributed by atoms with Crippen molar-refractivity contribution in [3.63, 3.8) is 0 Å². The third-order valence-electron chi connectivity index (χ3n) is 5.22. The summed E-state index contributed by atoms with van der Waals surface area (Å²) in [4.78, 5) is 16.8. The van der Waals surface area contributed by atoms with Crippen LogP contribution in [-0.2, 0) is 4.79 Å². The molecule has 0 radical (unpaired) electrons. The quantitative estimate of drug-likeness (QED) is 0.682. The number of amides is 1. The molecule has 30 heavy (non-hydrogen) atoms.